The fourth-order valence-electron chi connectivity index (χ4n) is 1.44. The van der Waals surface area contributed by atoms with Crippen LogP contribution >= 0.6 is 11.8 Å². The van der Waals surface area contributed by atoms with Gasteiger partial charge in [0.1, 0.15) is 11.6 Å². The van der Waals surface area contributed by atoms with E-state index in [0.717, 1.165) is 0 Å². The molecule has 0 aliphatic heterocycles. The molecule has 0 N–H and O–H groups in total. The Labute approximate surface area is 114 Å². The number of thioether (sulfide) groups is 1. The van der Waals surface area contributed by atoms with Crippen LogP contribution in [-0.2, 0) is 4.79 Å². The van der Waals surface area contributed by atoms with Gasteiger partial charge in [-0.15, -0.1) is 0 Å². The summed E-state index contributed by atoms with van der Waals surface area (Å²) >= 11 is 1.18. The van der Waals surface area contributed by atoms with Gasteiger partial charge in [0.25, 0.3) is 0 Å². The van der Waals surface area contributed by atoms with Crippen molar-refractivity contribution < 1.29 is 18.4 Å². The zero-order valence-electron chi connectivity index (χ0n) is 10.7. The molecule has 0 unspecified atom stereocenters. The van der Waals surface area contributed by atoms with E-state index in [1.165, 1.54) is 37.8 Å². The number of allylic oxidation sites excluding steroid dienone is 1. The highest BCUT2D eigenvalue weighted by molar-refractivity contribution is 8.13. The van der Waals surface area contributed by atoms with E-state index < -0.39 is 17.4 Å². The van der Waals surface area contributed by atoms with Crippen LogP contribution in [0.4, 0.5) is 8.78 Å². The second-order valence-corrected chi connectivity index (χ2v) is 5.21. The van der Waals surface area contributed by atoms with Crippen LogP contribution in [0.3, 0.4) is 0 Å². The Kier molecular flexibility index (Phi) is 5.89. The topological polar surface area (TPSA) is 34.1 Å². The fourth-order valence-corrected chi connectivity index (χ4v) is 1.99. The molecule has 102 valence electrons. The minimum atomic E-state index is -0.853. The summed E-state index contributed by atoms with van der Waals surface area (Å²) in [5.74, 6) is -1.40. The third-order valence-corrected chi connectivity index (χ3v) is 3.20. The lowest BCUT2D eigenvalue weighted by Crippen LogP contribution is -1.99. The Morgan fingerprint density at radius 2 is 1.89 bits per heavy atom. The highest BCUT2D eigenvalue weighted by Crippen LogP contribution is 2.17. The normalized spacial score (nSPS) is 10.9. The van der Waals surface area contributed by atoms with Crippen LogP contribution in [0.1, 0.15) is 36.2 Å². The smallest absolute Gasteiger partial charge is 0.185 e. The Hall–Kier alpha value is -1.49. The van der Waals surface area contributed by atoms with Crippen LogP contribution in [-0.4, -0.2) is 16.7 Å². The van der Waals surface area contributed by atoms with Crippen molar-refractivity contribution in [2.75, 3.05) is 5.75 Å². The lowest BCUT2D eigenvalue weighted by atomic mass is 10.1. The molecule has 1 aromatic carbocycles. The Morgan fingerprint density at radius 3 is 2.47 bits per heavy atom. The van der Waals surface area contributed by atoms with Gasteiger partial charge in [0, 0.05) is 24.3 Å². The monoisotopic (exact) mass is 284 g/mol. The predicted molar refractivity (Wildman–Crippen MR) is 73.2 cm³/mol. The standard InChI is InChI=1S/C14H14F2O2S/c1-9(17)12-7-11(13(15)8-14(12)16)5-3-4-6-19-10(2)18/h3,5,7-8H,4,6H2,1-2H3. The summed E-state index contributed by atoms with van der Waals surface area (Å²) in [5, 5.41) is 0.0280. The maximum atomic E-state index is 13.5. The van der Waals surface area contributed by atoms with Crippen molar-refractivity contribution in [3.8, 4) is 0 Å². The quantitative estimate of drug-likeness (QED) is 0.608. The summed E-state index contributed by atoms with van der Waals surface area (Å²) in [5.41, 5.74) is 0.0404. The molecule has 5 heteroatoms. The maximum absolute atomic E-state index is 13.5. The van der Waals surface area contributed by atoms with E-state index in [1.54, 1.807) is 6.08 Å². The summed E-state index contributed by atoms with van der Waals surface area (Å²) in [4.78, 5) is 21.8. The van der Waals surface area contributed by atoms with Gasteiger partial charge in [-0.1, -0.05) is 23.9 Å². The van der Waals surface area contributed by atoms with Gasteiger partial charge in [-0.25, -0.2) is 8.78 Å². The molecule has 0 aliphatic carbocycles. The van der Waals surface area contributed by atoms with Crippen molar-refractivity contribution in [2.24, 2.45) is 0 Å². The number of Topliss-reactive ketones (excluding diaryl/α,β-unsaturated/α-hetero) is 1. The highest BCUT2D eigenvalue weighted by Gasteiger charge is 2.11. The first-order chi connectivity index (χ1) is 8.91. The van der Waals surface area contributed by atoms with Crippen molar-refractivity contribution in [3.05, 3.63) is 41.0 Å². The SMILES string of the molecule is CC(=O)SCCC=Cc1cc(C(C)=O)c(F)cc1F. The Bertz CT molecular complexity index is 524. The van der Waals surface area contributed by atoms with E-state index in [1.807, 2.05) is 0 Å². The van der Waals surface area contributed by atoms with Gasteiger partial charge in [0.15, 0.2) is 10.9 Å². The molecular formula is C14H14F2O2S. The first-order valence-electron chi connectivity index (χ1n) is 5.71. The zero-order chi connectivity index (χ0) is 14.4. The molecule has 0 bridgehead atoms. The molecule has 0 spiro atoms. The lowest BCUT2D eigenvalue weighted by Gasteiger charge is -2.02. The summed E-state index contributed by atoms with van der Waals surface area (Å²) in [6, 6.07) is 1.91. The van der Waals surface area contributed by atoms with E-state index in [2.05, 4.69) is 0 Å². The largest absolute Gasteiger partial charge is 0.294 e. The summed E-state index contributed by atoms with van der Waals surface area (Å²) in [7, 11) is 0. The van der Waals surface area contributed by atoms with Gasteiger partial charge in [-0.3, -0.25) is 9.59 Å². The average molecular weight is 284 g/mol. The number of carbonyl (C=O) groups excluding carboxylic acids is 2. The van der Waals surface area contributed by atoms with E-state index in [9.17, 15) is 18.4 Å². The van der Waals surface area contributed by atoms with Crippen molar-refractivity contribution in [3.63, 3.8) is 0 Å². The van der Waals surface area contributed by atoms with Crippen molar-refractivity contribution in [1.29, 1.82) is 0 Å². The summed E-state index contributed by atoms with van der Waals surface area (Å²) < 4.78 is 26.8. The zero-order valence-corrected chi connectivity index (χ0v) is 11.5. The average Bonchev–Trinajstić information content (AvgIpc) is 2.30. The maximum Gasteiger partial charge on any atom is 0.185 e. The molecule has 1 rings (SSSR count). The van der Waals surface area contributed by atoms with Crippen molar-refractivity contribution in [2.45, 2.75) is 20.3 Å². The number of rotatable bonds is 5. The van der Waals surface area contributed by atoms with Gasteiger partial charge < -0.3 is 0 Å². The van der Waals surface area contributed by atoms with Crippen LogP contribution in [0.2, 0.25) is 0 Å². The van der Waals surface area contributed by atoms with Crippen LogP contribution in [0.25, 0.3) is 6.08 Å². The minimum Gasteiger partial charge on any atom is -0.294 e. The third kappa shape index (κ3) is 4.95. The number of hydrogen-bond donors (Lipinski definition) is 0. The van der Waals surface area contributed by atoms with Gasteiger partial charge in [-0.05, 0) is 19.4 Å². The number of halogens is 2. The van der Waals surface area contributed by atoms with E-state index in [-0.39, 0.29) is 16.2 Å². The highest BCUT2D eigenvalue weighted by atomic mass is 32.2. The second kappa shape index (κ2) is 7.19. The molecule has 1 aromatic rings. The van der Waals surface area contributed by atoms with Crippen molar-refractivity contribution >= 4 is 28.7 Å². The molecule has 19 heavy (non-hydrogen) atoms. The van der Waals surface area contributed by atoms with Gasteiger partial charge in [-0.2, -0.15) is 0 Å². The fraction of sp³-hybridized carbons (Fsp3) is 0.286. The minimum absolute atomic E-state index is 0.0280. The number of benzene rings is 1. The molecule has 0 saturated carbocycles. The molecule has 0 atom stereocenters. The Balaban J connectivity index is 2.77. The second-order valence-electron chi connectivity index (χ2n) is 3.94. The summed E-state index contributed by atoms with van der Waals surface area (Å²) in [6.45, 7) is 2.71. The molecule has 0 aliphatic rings. The van der Waals surface area contributed by atoms with Gasteiger partial charge >= 0.3 is 0 Å². The number of ketones is 1. The van der Waals surface area contributed by atoms with E-state index >= 15 is 0 Å². The first-order valence-corrected chi connectivity index (χ1v) is 6.70. The molecule has 0 saturated heterocycles. The summed E-state index contributed by atoms with van der Waals surface area (Å²) in [6.07, 6.45) is 3.77. The third-order valence-electron chi connectivity index (χ3n) is 2.35. The van der Waals surface area contributed by atoms with E-state index in [0.29, 0.717) is 18.2 Å². The van der Waals surface area contributed by atoms with Gasteiger partial charge in [0.2, 0.25) is 0 Å². The van der Waals surface area contributed by atoms with E-state index in [4.69, 9.17) is 0 Å². The molecule has 0 heterocycles. The molecule has 2 nitrogen and oxygen atoms in total. The van der Waals surface area contributed by atoms with Gasteiger partial charge in [0.05, 0.1) is 5.56 Å². The number of carbonyl (C=O) groups is 2. The lowest BCUT2D eigenvalue weighted by molar-refractivity contribution is -0.109. The predicted octanol–water partition coefficient (Wildman–Crippen LogP) is 3.85. The van der Waals surface area contributed by atoms with Crippen LogP contribution < -0.4 is 0 Å². The molecule has 0 fully saturated rings. The molecule has 0 amide bonds. The van der Waals surface area contributed by atoms with Crippen LogP contribution in [0.5, 0.6) is 0 Å². The van der Waals surface area contributed by atoms with Crippen LogP contribution in [0, 0.1) is 11.6 Å². The Morgan fingerprint density at radius 1 is 1.21 bits per heavy atom. The molecular weight excluding hydrogens is 270 g/mol. The molecule has 0 radical (unpaired) electrons. The number of hydrogen-bond acceptors (Lipinski definition) is 3. The van der Waals surface area contributed by atoms with Crippen LogP contribution in [0.15, 0.2) is 18.2 Å². The molecule has 0 aromatic heterocycles. The first kappa shape index (κ1) is 15.6. The van der Waals surface area contributed by atoms with Crippen molar-refractivity contribution in [1.82, 2.24) is 0 Å².